The van der Waals surface area contributed by atoms with Gasteiger partial charge in [0.15, 0.2) is 23.5 Å². The van der Waals surface area contributed by atoms with Crippen molar-refractivity contribution in [3.05, 3.63) is 144 Å². The van der Waals surface area contributed by atoms with Crippen molar-refractivity contribution in [2.45, 2.75) is 142 Å². The van der Waals surface area contributed by atoms with E-state index in [2.05, 4.69) is 10.6 Å². The number of methoxy groups -OCH3 is 2. The Kier molecular flexibility index (Phi) is 19.9. The van der Waals surface area contributed by atoms with Crippen LogP contribution in [0.15, 0.2) is 121 Å². The molecule has 4 aromatic rings. The number of alkyl carbamates (subject to hydrolysis) is 2. The maximum atomic E-state index is 15.8. The molecule has 4 aromatic carbocycles. The molecule has 20 heteroatoms. The van der Waals surface area contributed by atoms with E-state index in [1.807, 2.05) is 0 Å². The van der Waals surface area contributed by atoms with Crippen LogP contribution in [0, 0.1) is 10.8 Å². The third-order valence-electron chi connectivity index (χ3n) is 13.4. The second-order valence-corrected chi connectivity index (χ2v) is 21.1. The highest BCUT2D eigenvalue weighted by Gasteiger charge is 2.79. The highest BCUT2D eigenvalue weighted by Crippen LogP contribution is 2.56. The molecular formula is C58H70N4O16. The number of hydrogen-bond donors (Lipinski definition) is 2. The van der Waals surface area contributed by atoms with E-state index >= 15 is 19.2 Å². The first-order valence-corrected chi connectivity index (χ1v) is 25.7. The Hall–Kier alpha value is -8.16. The van der Waals surface area contributed by atoms with E-state index in [0.29, 0.717) is 22.3 Å². The quantitative estimate of drug-likeness (QED) is 0.0585. The van der Waals surface area contributed by atoms with Gasteiger partial charge in [-0.15, -0.1) is 0 Å². The summed E-state index contributed by atoms with van der Waals surface area (Å²) in [5.41, 5.74) is -5.04. The molecule has 6 rings (SSSR count). The molecular weight excluding hydrogens is 1010 g/mol. The van der Waals surface area contributed by atoms with Crippen molar-refractivity contribution in [3.63, 3.8) is 0 Å². The lowest BCUT2D eigenvalue weighted by atomic mass is 9.68. The van der Waals surface area contributed by atoms with E-state index < -0.39 is 108 Å². The predicted octanol–water partition coefficient (Wildman–Crippen LogP) is 8.88. The lowest BCUT2D eigenvalue weighted by molar-refractivity contribution is -0.159. The SMILES string of the molecule is COC(=O)[C@H](CCC[C@@]1([C@]2(CCC[C@H](NC(=O)OCc3ccccc3)C(=O)OC)C(=O)O[C@@H](C(C)(C)C)N2C(=O)OCc2ccccc2)C(=O)O[C@@H](C(C)(C)C)N1C(=O)OCc1ccccc1)NC(=O)OCc1ccccc1. The maximum absolute atomic E-state index is 15.8. The van der Waals surface area contributed by atoms with Gasteiger partial charge in [0.25, 0.3) is 0 Å². The molecule has 2 aliphatic heterocycles. The van der Waals surface area contributed by atoms with Gasteiger partial charge in [-0.05, 0) is 60.8 Å². The average Bonchev–Trinajstić information content (AvgIpc) is 4.11. The molecule has 2 aliphatic rings. The lowest BCUT2D eigenvalue weighted by Crippen LogP contribution is -2.76. The van der Waals surface area contributed by atoms with E-state index in [0.717, 1.165) is 24.0 Å². The topological polar surface area (TPSA) is 241 Å². The molecule has 2 fully saturated rings. The van der Waals surface area contributed by atoms with E-state index in [9.17, 15) is 19.2 Å². The molecule has 0 bridgehead atoms. The summed E-state index contributed by atoms with van der Waals surface area (Å²) in [7, 11) is 2.24. The Morgan fingerprint density at radius 1 is 0.487 bits per heavy atom. The fourth-order valence-electron chi connectivity index (χ4n) is 9.62. The average molecular weight is 1080 g/mol. The molecule has 20 nitrogen and oxygen atoms in total. The Balaban J connectivity index is 1.51. The predicted molar refractivity (Wildman–Crippen MR) is 280 cm³/mol. The van der Waals surface area contributed by atoms with Gasteiger partial charge in [0.1, 0.15) is 38.5 Å². The number of cyclic esters (lactones) is 2. The molecule has 0 aliphatic carbocycles. The normalized spacial score (nSPS) is 19.8. The van der Waals surface area contributed by atoms with Crippen LogP contribution in [0.5, 0.6) is 0 Å². The Morgan fingerprint density at radius 2 is 0.769 bits per heavy atom. The number of hydrogen-bond acceptors (Lipinski definition) is 16. The van der Waals surface area contributed by atoms with Crippen LogP contribution in [0.1, 0.15) is 102 Å². The van der Waals surface area contributed by atoms with Crippen LogP contribution in [0.2, 0.25) is 0 Å². The molecule has 0 aromatic heterocycles. The Labute approximate surface area is 454 Å². The Morgan fingerprint density at radius 3 is 1.04 bits per heavy atom. The van der Waals surface area contributed by atoms with Crippen LogP contribution in [0.25, 0.3) is 0 Å². The number of esters is 4. The highest BCUT2D eigenvalue weighted by atomic mass is 16.6. The third kappa shape index (κ3) is 14.1. The summed E-state index contributed by atoms with van der Waals surface area (Å²) < 4.78 is 45.9. The van der Waals surface area contributed by atoms with Crippen LogP contribution in [-0.4, -0.2) is 108 Å². The summed E-state index contributed by atoms with van der Waals surface area (Å²) in [5.74, 6) is -4.08. The Bertz CT molecular complexity index is 2510. The molecule has 2 heterocycles. The summed E-state index contributed by atoms with van der Waals surface area (Å²) in [6, 6.07) is 32.2. The number of carbonyl (C=O) groups is 8. The van der Waals surface area contributed by atoms with Crippen LogP contribution in [-0.2, 0) is 83.5 Å². The van der Waals surface area contributed by atoms with Gasteiger partial charge in [-0.3, -0.25) is 9.80 Å². The van der Waals surface area contributed by atoms with Crippen LogP contribution < -0.4 is 10.6 Å². The van der Waals surface area contributed by atoms with Crippen molar-refractivity contribution >= 4 is 48.3 Å². The van der Waals surface area contributed by atoms with Crippen molar-refractivity contribution in [1.29, 1.82) is 0 Å². The van der Waals surface area contributed by atoms with Crippen LogP contribution >= 0.6 is 0 Å². The summed E-state index contributed by atoms with van der Waals surface area (Å²) in [6.07, 6.45) is -9.45. The molecule has 0 spiro atoms. The van der Waals surface area contributed by atoms with Crippen molar-refractivity contribution in [3.8, 4) is 0 Å². The molecule has 0 saturated carbocycles. The second kappa shape index (κ2) is 26.3. The first kappa shape index (κ1) is 59.1. The number of ether oxygens (including phenoxy) is 8. The molecule has 2 N–H and O–H groups in total. The van der Waals surface area contributed by atoms with Crippen molar-refractivity contribution in [2.75, 3.05) is 14.2 Å². The second-order valence-electron chi connectivity index (χ2n) is 21.1. The first-order chi connectivity index (χ1) is 37.2. The highest BCUT2D eigenvalue weighted by molar-refractivity contribution is 6.02. The fraction of sp³-hybridized carbons (Fsp3) is 0.448. The molecule has 0 radical (unpaired) electrons. The fourth-order valence-corrected chi connectivity index (χ4v) is 9.62. The zero-order chi connectivity index (χ0) is 56.7. The van der Waals surface area contributed by atoms with Crippen molar-refractivity contribution in [2.24, 2.45) is 10.8 Å². The molecule has 4 amide bonds. The van der Waals surface area contributed by atoms with Crippen molar-refractivity contribution in [1.82, 2.24) is 20.4 Å². The summed E-state index contributed by atoms with van der Waals surface area (Å²) in [6.45, 7) is 9.29. The van der Waals surface area contributed by atoms with Gasteiger partial charge in [0, 0.05) is 10.8 Å². The van der Waals surface area contributed by atoms with E-state index in [1.54, 1.807) is 163 Å². The number of carbonyl (C=O) groups excluding carboxylic acids is 8. The van der Waals surface area contributed by atoms with Gasteiger partial charge < -0.3 is 48.5 Å². The zero-order valence-corrected chi connectivity index (χ0v) is 45.4. The van der Waals surface area contributed by atoms with E-state index in [-0.39, 0.29) is 52.1 Å². The smallest absolute Gasteiger partial charge is 0.414 e. The van der Waals surface area contributed by atoms with Crippen LogP contribution in [0.4, 0.5) is 19.2 Å². The van der Waals surface area contributed by atoms with Gasteiger partial charge in [0.2, 0.25) is 0 Å². The van der Waals surface area contributed by atoms with Gasteiger partial charge in [-0.1, -0.05) is 163 Å². The molecule has 0 unspecified atom stereocenters. The standard InChI is InChI=1S/C58H70N4O16/c1-55(2,3)47-61(53(69)75-37-41-27-17-11-18-28-41)57(49(65)77-47,33-21-31-43(45(63)71-7)59-51(67)73-35-39-23-13-9-14-24-39)58(34-22-32-44(46(64)72-8)60-52(68)74-36-40-25-15-10-16-26-40)50(66)78-48(56(4,5)6)62(58)54(70)76-38-42-29-19-12-20-30-42/h9-20,23-30,43-44,47-48H,21-22,31-38H2,1-8H3,(H,59,67)(H,60,68)/t43-,44-,47-,48-,57-,58-/m0/s1. The maximum Gasteiger partial charge on any atom is 0.414 e. The van der Waals surface area contributed by atoms with Gasteiger partial charge in [-0.25, -0.2) is 38.4 Å². The molecule has 78 heavy (non-hydrogen) atoms. The number of amides is 4. The first-order valence-electron chi connectivity index (χ1n) is 25.7. The minimum Gasteiger partial charge on any atom is -0.467 e. The number of rotatable bonds is 21. The van der Waals surface area contributed by atoms with Crippen molar-refractivity contribution < 1.29 is 76.3 Å². The number of benzene rings is 4. The lowest BCUT2D eigenvalue weighted by Gasteiger charge is -2.51. The third-order valence-corrected chi connectivity index (χ3v) is 13.4. The van der Waals surface area contributed by atoms with Gasteiger partial charge >= 0.3 is 48.3 Å². The minimum atomic E-state index is -2.63. The largest absolute Gasteiger partial charge is 0.467 e. The van der Waals surface area contributed by atoms with E-state index in [1.165, 1.54) is 0 Å². The summed E-state index contributed by atoms with van der Waals surface area (Å²) in [5, 5.41) is 5.08. The van der Waals surface area contributed by atoms with Gasteiger partial charge in [0.05, 0.1) is 14.2 Å². The van der Waals surface area contributed by atoms with Gasteiger partial charge in [-0.2, -0.15) is 0 Å². The van der Waals surface area contributed by atoms with Crippen LogP contribution in [0.3, 0.4) is 0 Å². The molecule has 418 valence electrons. The molecule has 2 saturated heterocycles. The molecule has 6 atom stereocenters. The number of nitrogens with zero attached hydrogens (tertiary/aromatic N) is 2. The zero-order valence-electron chi connectivity index (χ0n) is 45.4. The summed E-state index contributed by atoms with van der Waals surface area (Å²) >= 11 is 0. The summed E-state index contributed by atoms with van der Waals surface area (Å²) in [4.78, 5) is 118. The van der Waals surface area contributed by atoms with E-state index in [4.69, 9.17) is 37.9 Å². The monoisotopic (exact) mass is 1080 g/mol. The minimum absolute atomic E-state index is 0.138. The number of nitrogens with one attached hydrogen (secondary N) is 2.